The summed E-state index contributed by atoms with van der Waals surface area (Å²) in [6.45, 7) is 9.78. The molecule has 0 aromatic heterocycles. The lowest BCUT2D eigenvalue weighted by molar-refractivity contribution is 0.103. The quantitative estimate of drug-likeness (QED) is 0.0968. The third-order valence-corrected chi connectivity index (χ3v) is 9.67. The van der Waals surface area contributed by atoms with Gasteiger partial charge in [0.2, 0.25) is 0 Å². The topological polar surface area (TPSA) is 83.4 Å². The zero-order valence-corrected chi connectivity index (χ0v) is 29.8. The Morgan fingerprint density at radius 2 is 1.48 bits per heavy atom. The Kier molecular flexibility index (Phi) is 13.1. The number of hydrogen-bond donors (Lipinski definition) is 3. The molecule has 4 aromatic rings. The lowest BCUT2D eigenvalue weighted by Crippen LogP contribution is -2.48. The van der Waals surface area contributed by atoms with Crippen LogP contribution in [0.15, 0.2) is 66.7 Å². The molecule has 0 bridgehead atoms. The van der Waals surface area contributed by atoms with Crippen molar-refractivity contribution in [3.05, 3.63) is 111 Å². The van der Waals surface area contributed by atoms with Crippen LogP contribution in [0, 0.1) is 25.5 Å². The first-order valence-corrected chi connectivity index (χ1v) is 17.5. The molecule has 0 amide bonds. The van der Waals surface area contributed by atoms with E-state index in [-0.39, 0.29) is 33.0 Å². The smallest absolute Gasteiger partial charge is 0.159 e. The van der Waals surface area contributed by atoms with Crippen molar-refractivity contribution >= 4 is 11.6 Å². The van der Waals surface area contributed by atoms with Crippen molar-refractivity contribution in [2.75, 3.05) is 39.5 Å². The number of benzene rings is 4. The average molecular weight is 709 g/mol. The fourth-order valence-electron chi connectivity index (χ4n) is 6.05. The second-order valence-corrected chi connectivity index (χ2v) is 13.6. The van der Waals surface area contributed by atoms with Gasteiger partial charge in [0.1, 0.15) is 30.5 Å². The van der Waals surface area contributed by atoms with Gasteiger partial charge < -0.3 is 34.6 Å². The van der Waals surface area contributed by atoms with E-state index in [1.807, 2.05) is 24.3 Å². The first kappa shape index (κ1) is 37.5. The highest BCUT2D eigenvalue weighted by Crippen LogP contribution is 2.36. The van der Waals surface area contributed by atoms with Crippen LogP contribution in [-0.4, -0.2) is 60.1 Å². The summed E-state index contributed by atoms with van der Waals surface area (Å²) < 4.78 is 46.0. The molecule has 1 heterocycles. The van der Waals surface area contributed by atoms with E-state index < -0.39 is 17.2 Å². The molecule has 1 aliphatic heterocycles. The van der Waals surface area contributed by atoms with Gasteiger partial charge in [0.15, 0.2) is 11.6 Å². The normalized spacial score (nSPS) is 13.5. The first-order valence-electron chi connectivity index (χ1n) is 17.1. The molecule has 0 unspecified atom stereocenters. The zero-order chi connectivity index (χ0) is 35.7. The number of aliphatic hydroxyl groups excluding tert-OH is 2. The molecule has 0 spiro atoms. The molecule has 1 fully saturated rings. The predicted octanol–water partition coefficient (Wildman–Crippen LogP) is 7.76. The van der Waals surface area contributed by atoms with Gasteiger partial charge in [-0.05, 0) is 111 Å². The second-order valence-electron chi connectivity index (χ2n) is 13.2. The molecular formula is C40H47ClF2N2O5. The Morgan fingerprint density at radius 3 is 2.20 bits per heavy atom. The van der Waals surface area contributed by atoms with E-state index in [9.17, 15) is 19.0 Å². The number of hydrogen-bond acceptors (Lipinski definition) is 7. The van der Waals surface area contributed by atoms with E-state index in [0.29, 0.717) is 34.3 Å². The van der Waals surface area contributed by atoms with Gasteiger partial charge in [-0.1, -0.05) is 48.0 Å². The molecule has 4 aromatic carbocycles. The van der Waals surface area contributed by atoms with Gasteiger partial charge in [-0.15, -0.1) is 0 Å². The minimum Gasteiger partial charge on any atom is -0.493 e. The monoisotopic (exact) mass is 708 g/mol. The maximum atomic E-state index is 13.9. The molecule has 0 aliphatic carbocycles. The highest BCUT2D eigenvalue weighted by Gasteiger charge is 2.23. The molecule has 1 saturated heterocycles. The number of nitrogens with zero attached hydrogens (tertiary/aromatic N) is 1. The van der Waals surface area contributed by atoms with E-state index in [4.69, 9.17) is 25.8 Å². The van der Waals surface area contributed by atoms with Gasteiger partial charge in [0.25, 0.3) is 0 Å². The molecule has 268 valence electrons. The van der Waals surface area contributed by atoms with Gasteiger partial charge in [-0.2, -0.15) is 0 Å². The van der Waals surface area contributed by atoms with Crippen molar-refractivity contribution in [3.63, 3.8) is 0 Å². The summed E-state index contributed by atoms with van der Waals surface area (Å²) >= 11 is 6.72. The molecular weight excluding hydrogens is 662 g/mol. The lowest BCUT2D eigenvalue weighted by atomic mass is 9.93. The van der Waals surface area contributed by atoms with E-state index in [1.54, 1.807) is 19.1 Å². The Hall–Kier alpha value is -3.73. The van der Waals surface area contributed by atoms with Crippen LogP contribution in [0.1, 0.15) is 54.0 Å². The van der Waals surface area contributed by atoms with E-state index >= 15 is 0 Å². The third-order valence-electron chi connectivity index (χ3n) is 9.38. The van der Waals surface area contributed by atoms with Gasteiger partial charge in [-0.25, -0.2) is 8.78 Å². The first-order chi connectivity index (χ1) is 24.1. The van der Waals surface area contributed by atoms with Crippen LogP contribution in [0.2, 0.25) is 5.02 Å². The Labute approximate surface area is 298 Å². The third kappa shape index (κ3) is 9.53. The highest BCUT2D eigenvalue weighted by atomic mass is 35.5. The Morgan fingerprint density at radius 1 is 0.780 bits per heavy atom. The lowest BCUT2D eigenvalue weighted by Gasteiger charge is -2.27. The molecule has 10 heteroatoms. The Bertz CT molecular complexity index is 1740. The van der Waals surface area contributed by atoms with Gasteiger partial charge in [0.05, 0.1) is 30.4 Å². The Balaban J connectivity index is 1.32. The van der Waals surface area contributed by atoms with E-state index in [0.717, 1.165) is 58.7 Å². The van der Waals surface area contributed by atoms with Gasteiger partial charge in [0, 0.05) is 24.7 Å². The highest BCUT2D eigenvalue weighted by molar-refractivity contribution is 6.32. The van der Waals surface area contributed by atoms with Crippen LogP contribution >= 0.6 is 11.6 Å². The minimum absolute atomic E-state index is 0.0374. The van der Waals surface area contributed by atoms with Crippen LogP contribution in [0.3, 0.4) is 0 Å². The second kappa shape index (κ2) is 17.5. The zero-order valence-electron chi connectivity index (χ0n) is 29.0. The number of nitrogens with one attached hydrogen (secondary N) is 1. The number of rotatable bonds is 17. The summed E-state index contributed by atoms with van der Waals surface area (Å²) in [5.41, 5.74) is 5.45. The fourth-order valence-corrected chi connectivity index (χ4v) is 6.29. The number of ether oxygens (including phenoxy) is 3. The molecule has 1 aliphatic rings. The average Bonchev–Trinajstić information content (AvgIpc) is 3.64. The number of halogens is 3. The van der Waals surface area contributed by atoms with Crippen LogP contribution in [0.4, 0.5) is 8.78 Å². The maximum absolute atomic E-state index is 13.9. The minimum atomic E-state index is -0.963. The fraction of sp³-hybridized carbons (Fsp3) is 0.400. The molecule has 50 heavy (non-hydrogen) atoms. The van der Waals surface area contributed by atoms with Crippen LogP contribution in [0.25, 0.3) is 11.1 Å². The van der Waals surface area contributed by atoms with Crippen molar-refractivity contribution in [1.82, 2.24) is 10.2 Å². The molecule has 3 N–H and O–H groups in total. The van der Waals surface area contributed by atoms with E-state index in [2.05, 4.69) is 36.2 Å². The summed E-state index contributed by atoms with van der Waals surface area (Å²) in [6, 6.07) is 19.3. The van der Waals surface area contributed by atoms with Gasteiger partial charge in [-0.3, -0.25) is 0 Å². The summed E-state index contributed by atoms with van der Waals surface area (Å²) in [5, 5.41) is 23.0. The summed E-state index contributed by atoms with van der Waals surface area (Å²) in [4.78, 5) is 2.50. The molecule has 5 rings (SSSR count). The summed E-state index contributed by atoms with van der Waals surface area (Å²) in [5.74, 6) is -0.228. The van der Waals surface area contributed by atoms with Crippen molar-refractivity contribution in [3.8, 4) is 28.4 Å². The molecule has 0 atom stereocenters. The predicted molar refractivity (Wildman–Crippen MR) is 193 cm³/mol. The van der Waals surface area contributed by atoms with Crippen molar-refractivity contribution in [2.24, 2.45) is 0 Å². The molecule has 0 radical (unpaired) electrons. The van der Waals surface area contributed by atoms with Crippen molar-refractivity contribution in [1.29, 1.82) is 0 Å². The number of likely N-dealkylation sites (tertiary alicyclic amines) is 1. The van der Waals surface area contributed by atoms with Crippen LogP contribution < -0.4 is 19.5 Å². The summed E-state index contributed by atoms with van der Waals surface area (Å²) in [7, 11) is 0. The summed E-state index contributed by atoms with van der Waals surface area (Å²) in [6.07, 6.45) is 3.58. The SMILES string of the molecule is Cc1c(COc2cc(OCc3ccc(F)c(F)c3)c(CNC(C)(CO)CO)cc2Cl)cccc1-c1cccc(OCCCN2CCCC2)c1C. The maximum Gasteiger partial charge on any atom is 0.159 e. The molecule has 0 saturated carbocycles. The molecule has 7 nitrogen and oxygen atoms in total. The van der Waals surface area contributed by atoms with Crippen LogP contribution in [0.5, 0.6) is 17.2 Å². The van der Waals surface area contributed by atoms with Crippen molar-refractivity contribution in [2.45, 2.75) is 65.3 Å². The van der Waals surface area contributed by atoms with E-state index in [1.165, 1.54) is 32.0 Å². The van der Waals surface area contributed by atoms with Crippen molar-refractivity contribution < 1.29 is 33.2 Å². The number of aliphatic hydroxyl groups is 2. The standard InChI is InChI=1S/C40H47ClF2N2O5/c1-27-30(9-6-10-32(27)33-11-7-12-37(28(33)2)48-18-8-17-45-15-4-5-16-45)24-50-39-21-38(49-23-29-13-14-35(42)36(43)19-29)31(20-34(39)41)22-44-40(3,25-46)26-47/h6-7,9-14,19-21,44,46-47H,4-5,8,15-18,22-26H2,1-3H3. The largest absolute Gasteiger partial charge is 0.493 e. The van der Waals surface area contributed by atoms with Gasteiger partial charge >= 0.3 is 0 Å². The van der Waals surface area contributed by atoms with Crippen LogP contribution in [-0.2, 0) is 19.8 Å².